The summed E-state index contributed by atoms with van der Waals surface area (Å²) in [5, 5.41) is 3.67. The molecule has 1 aliphatic rings. The molecule has 0 bridgehead atoms. The minimum Gasteiger partial charge on any atom is -0.349 e. The molecule has 0 radical (unpaired) electrons. The smallest absolute Gasteiger partial charge is 0.251 e. The molecule has 1 amide bonds. The molecule has 0 aliphatic carbocycles. The van der Waals surface area contributed by atoms with Gasteiger partial charge in [0.05, 0.1) is 14.9 Å². The van der Waals surface area contributed by atoms with Crippen LogP contribution in [0.4, 0.5) is 0 Å². The molecule has 1 N–H and O–H groups in total. The first kappa shape index (κ1) is 21.1. The van der Waals surface area contributed by atoms with Gasteiger partial charge in [0, 0.05) is 24.7 Å². The van der Waals surface area contributed by atoms with Crippen LogP contribution in [0.2, 0.25) is 10.0 Å². The van der Waals surface area contributed by atoms with Crippen molar-refractivity contribution in [3.63, 3.8) is 0 Å². The molecule has 2 aromatic carbocycles. The highest BCUT2D eigenvalue weighted by Gasteiger charge is 2.31. The van der Waals surface area contributed by atoms with Crippen LogP contribution < -0.4 is 5.32 Å². The third kappa shape index (κ3) is 4.51. The van der Waals surface area contributed by atoms with E-state index in [0.717, 1.165) is 11.1 Å². The minimum atomic E-state index is -3.54. The molecule has 1 heterocycles. The molecule has 150 valence electrons. The van der Waals surface area contributed by atoms with Gasteiger partial charge in [0.25, 0.3) is 5.91 Å². The lowest BCUT2D eigenvalue weighted by atomic mass is 10.1. The number of carbonyl (C=O) groups excluding carboxylic acids is 1. The van der Waals surface area contributed by atoms with Gasteiger partial charge in [0.2, 0.25) is 10.0 Å². The van der Waals surface area contributed by atoms with Gasteiger partial charge in [0.15, 0.2) is 0 Å². The van der Waals surface area contributed by atoms with Gasteiger partial charge < -0.3 is 5.32 Å². The van der Waals surface area contributed by atoms with Gasteiger partial charge in [-0.15, -0.1) is 0 Å². The largest absolute Gasteiger partial charge is 0.349 e. The summed E-state index contributed by atoms with van der Waals surface area (Å²) in [4.78, 5) is 12.8. The van der Waals surface area contributed by atoms with E-state index in [1.807, 2.05) is 19.1 Å². The zero-order chi connectivity index (χ0) is 20.5. The van der Waals surface area contributed by atoms with E-state index in [9.17, 15) is 13.2 Å². The fourth-order valence-electron chi connectivity index (χ4n) is 3.27. The molecule has 1 saturated heterocycles. The van der Waals surface area contributed by atoms with E-state index in [2.05, 4.69) is 5.32 Å². The molecule has 0 spiro atoms. The normalized spacial score (nSPS) is 16.1. The summed E-state index contributed by atoms with van der Waals surface area (Å²) in [5.74, 6) is -0.241. The van der Waals surface area contributed by atoms with Crippen molar-refractivity contribution in [3.8, 4) is 0 Å². The standard InChI is InChI=1S/C20H22Cl2N2O3S/c1-13-3-4-14(2)19(11-13)28(26,27)24-9-7-16(8-10-24)23-20(25)15-5-6-17(21)18(22)12-15/h3-6,11-12,16H,7-10H2,1-2H3,(H,23,25). The van der Waals surface area contributed by atoms with Crippen LogP contribution in [0.15, 0.2) is 41.3 Å². The average Bonchev–Trinajstić information content (AvgIpc) is 2.66. The molecule has 0 saturated carbocycles. The van der Waals surface area contributed by atoms with Crippen LogP contribution in [0.3, 0.4) is 0 Å². The number of benzene rings is 2. The Morgan fingerprint density at radius 3 is 2.36 bits per heavy atom. The Labute approximate surface area is 175 Å². The second-order valence-corrected chi connectivity index (χ2v) is 9.77. The van der Waals surface area contributed by atoms with Gasteiger partial charge in [-0.25, -0.2) is 8.42 Å². The number of hydrogen-bond acceptors (Lipinski definition) is 3. The molecule has 0 unspecified atom stereocenters. The lowest BCUT2D eigenvalue weighted by Gasteiger charge is -2.32. The van der Waals surface area contributed by atoms with Crippen molar-refractivity contribution in [2.24, 2.45) is 0 Å². The quantitative estimate of drug-likeness (QED) is 0.774. The number of nitrogens with zero attached hydrogens (tertiary/aromatic N) is 1. The van der Waals surface area contributed by atoms with Crippen LogP contribution >= 0.6 is 23.2 Å². The maximum Gasteiger partial charge on any atom is 0.251 e. The van der Waals surface area contributed by atoms with Crippen LogP contribution in [0, 0.1) is 13.8 Å². The van der Waals surface area contributed by atoms with Gasteiger partial charge in [0.1, 0.15) is 0 Å². The number of sulfonamides is 1. The predicted octanol–water partition coefficient (Wildman–Crippen LogP) is 4.19. The Morgan fingerprint density at radius 2 is 1.71 bits per heavy atom. The molecule has 28 heavy (non-hydrogen) atoms. The van der Waals surface area contributed by atoms with Crippen molar-refractivity contribution >= 4 is 39.1 Å². The average molecular weight is 441 g/mol. The van der Waals surface area contributed by atoms with Crippen LogP contribution in [0.5, 0.6) is 0 Å². The van der Waals surface area contributed by atoms with E-state index in [1.54, 1.807) is 25.1 Å². The second-order valence-electron chi connectivity index (χ2n) is 7.05. The molecule has 2 aromatic rings. The van der Waals surface area contributed by atoms with Crippen molar-refractivity contribution < 1.29 is 13.2 Å². The highest BCUT2D eigenvalue weighted by atomic mass is 35.5. The summed E-state index contributed by atoms with van der Waals surface area (Å²) in [6.07, 6.45) is 1.11. The third-order valence-electron chi connectivity index (χ3n) is 4.93. The van der Waals surface area contributed by atoms with Gasteiger partial charge in [-0.05, 0) is 62.1 Å². The topological polar surface area (TPSA) is 66.5 Å². The predicted molar refractivity (Wildman–Crippen MR) is 112 cm³/mol. The molecule has 8 heteroatoms. The summed E-state index contributed by atoms with van der Waals surface area (Å²) >= 11 is 11.8. The van der Waals surface area contributed by atoms with E-state index < -0.39 is 10.0 Å². The molecule has 5 nitrogen and oxygen atoms in total. The lowest BCUT2D eigenvalue weighted by Crippen LogP contribution is -2.46. The summed E-state index contributed by atoms with van der Waals surface area (Å²) in [7, 11) is -3.54. The number of hydrogen-bond donors (Lipinski definition) is 1. The Kier molecular flexibility index (Phi) is 6.34. The zero-order valence-corrected chi connectivity index (χ0v) is 18.0. The number of amides is 1. The summed E-state index contributed by atoms with van der Waals surface area (Å²) in [6.45, 7) is 4.41. The van der Waals surface area contributed by atoms with E-state index in [4.69, 9.17) is 23.2 Å². The van der Waals surface area contributed by atoms with E-state index in [1.165, 1.54) is 10.4 Å². The molecule has 0 aromatic heterocycles. The lowest BCUT2D eigenvalue weighted by molar-refractivity contribution is 0.0924. The zero-order valence-electron chi connectivity index (χ0n) is 15.7. The fraction of sp³-hybridized carbons (Fsp3) is 0.350. The third-order valence-corrected chi connectivity index (χ3v) is 7.71. The van der Waals surface area contributed by atoms with Gasteiger partial charge >= 0.3 is 0 Å². The Morgan fingerprint density at radius 1 is 1.04 bits per heavy atom. The monoisotopic (exact) mass is 440 g/mol. The number of nitrogens with one attached hydrogen (secondary N) is 1. The number of aryl methyl sites for hydroxylation is 2. The van der Waals surface area contributed by atoms with Crippen LogP contribution in [-0.2, 0) is 10.0 Å². The van der Waals surface area contributed by atoms with E-state index in [-0.39, 0.29) is 11.9 Å². The molecule has 3 rings (SSSR count). The van der Waals surface area contributed by atoms with Crippen molar-refractivity contribution in [2.75, 3.05) is 13.1 Å². The highest BCUT2D eigenvalue weighted by Crippen LogP contribution is 2.25. The Bertz CT molecular complexity index is 1000. The summed E-state index contributed by atoms with van der Waals surface area (Å²) in [6, 6.07) is 10.1. The molecule has 1 fully saturated rings. The highest BCUT2D eigenvalue weighted by molar-refractivity contribution is 7.89. The van der Waals surface area contributed by atoms with Crippen molar-refractivity contribution in [1.82, 2.24) is 9.62 Å². The molecular formula is C20H22Cl2N2O3S. The Hall–Kier alpha value is -1.60. The summed E-state index contributed by atoms with van der Waals surface area (Å²) in [5.41, 5.74) is 2.08. The van der Waals surface area contributed by atoms with Gasteiger partial charge in [-0.3, -0.25) is 4.79 Å². The minimum absolute atomic E-state index is 0.0907. The number of carbonyl (C=O) groups is 1. The van der Waals surface area contributed by atoms with Crippen LogP contribution in [0.25, 0.3) is 0 Å². The van der Waals surface area contributed by atoms with Crippen LogP contribution in [-0.4, -0.2) is 37.8 Å². The van der Waals surface area contributed by atoms with Crippen molar-refractivity contribution in [1.29, 1.82) is 0 Å². The second kappa shape index (κ2) is 8.41. The van der Waals surface area contributed by atoms with Crippen molar-refractivity contribution in [3.05, 3.63) is 63.1 Å². The van der Waals surface area contributed by atoms with Gasteiger partial charge in [-0.2, -0.15) is 4.31 Å². The fourth-order valence-corrected chi connectivity index (χ4v) is 5.35. The number of halogens is 2. The summed E-state index contributed by atoms with van der Waals surface area (Å²) < 4.78 is 27.5. The van der Waals surface area contributed by atoms with Crippen LogP contribution in [0.1, 0.15) is 34.3 Å². The SMILES string of the molecule is Cc1ccc(C)c(S(=O)(=O)N2CCC(NC(=O)c3ccc(Cl)c(Cl)c3)CC2)c1. The van der Waals surface area contributed by atoms with Crippen molar-refractivity contribution in [2.45, 2.75) is 37.6 Å². The molecule has 1 aliphatic heterocycles. The van der Waals surface area contributed by atoms with E-state index in [0.29, 0.717) is 46.4 Å². The maximum atomic E-state index is 13.0. The number of rotatable bonds is 4. The first-order chi connectivity index (χ1) is 13.2. The van der Waals surface area contributed by atoms with E-state index >= 15 is 0 Å². The number of piperidine rings is 1. The molecular weight excluding hydrogens is 419 g/mol. The molecule has 0 atom stereocenters. The Balaban J connectivity index is 1.64. The maximum absolute atomic E-state index is 13.0. The van der Waals surface area contributed by atoms with Gasteiger partial charge in [-0.1, -0.05) is 35.3 Å². The first-order valence-electron chi connectivity index (χ1n) is 9.02. The first-order valence-corrected chi connectivity index (χ1v) is 11.2.